The molecule has 0 N–H and O–H groups in total. The molecule has 3 aromatic heterocycles. The van der Waals surface area contributed by atoms with E-state index < -0.39 is 13.3 Å². The van der Waals surface area contributed by atoms with Crippen molar-refractivity contribution in [1.82, 2.24) is 9.97 Å². The van der Waals surface area contributed by atoms with Crippen molar-refractivity contribution in [2.45, 2.75) is 37.0 Å². The molecule has 0 aliphatic carbocycles. The van der Waals surface area contributed by atoms with Crippen LogP contribution in [0.3, 0.4) is 0 Å². The fourth-order valence-electron chi connectivity index (χ4n) is 5.18. The van der Waals surface area contributed by atoms with Crippen LogP contribution in [0.25, 0.3) is 55.6 Å². The summed E-state index contributed by atoms with van der Waals surface area (Å²) >= 11 is -1.72. The Morgan fingerprint density at radius 2 is 1.44 bits per heavy atom. The van der Waals surface area contributed by atoms with Gasteiger partial charge < -0.3 is 9.40 Å². The van der Waals surface area contributed by atoms with Gasteiger partial charge in [0.1, 0.15) is 5.58 Å². The van der Waals surface area contributed by atoms with Gasteiger partial charge in [-0.3, -0.25) is 0 Å². The van der Waals surface area contributed by atoms with E-state index in [-0.39, 0.29) is 20.1 Å². The molecule has 0 aliphatic rings. The van der Waals surface area contributed by atoms with Crippen molar-refractivity contribution in [2.24, 2.45) is 0 Å². The van der Waals surface area contributed by atoms with Crippen LogP contribution in [0.2, 0.25) is 17.3 Å². The van der Waals surface area contributed by atoms with Gasteiger partial charge in [0.2, 0.25) is 0 Å². The Balaban J connectivity index is 0.000000202. The summed E-state index contributed by atoms with van der Waals surface area (Å²) in [4.78, 5) is 9.06. The van der Waals surface area contributed by atoms with Gasteiger partial charge in [-0.25, -0.2) is 0 Å². The van der Waals surface area contributed by atoms with E-state index in [0.717, 1.165) is 50.0 Å². The first-order valence-electron chi connectivity index (χ1n) is 15.1. The first-order chi connectivity index (χ1) is 21.3. The van der Waals surface area contributed by atoms with Crippen LogP contribution in [0.15, 0.2) is 126 Å². The van der Waals surface area contributed by atoms with Crippen LogP contribution in [0, 0.1) is 12.1 Å². The van der Waals surface area contributed by atoms with E-state index >= 15 is 0 Å². The second kappa shape index (κ2) is 14.1. The van der Waals surface area contributed by atoms with E-state index in [0.29, 0.717) is 5.92 Å². The Bertz CT molecular complexity index is 2010. The summed E-state index contributed by atoms with van der Waals surface area (Å²) in [5, 5.41) is 2.19. The molecule has 5 heteroatoms. The summed E-state index contributed by atoms with van der Waals surface area (Å²) in [5.74, 6) is 7.61. The standard InChI is InChI=1S/C26H20NO.C14H16GeN.Ir/c1-17(2)19-12-13-27-24(14-19)21-9-11-23-22-10-8-20(18-6-4-3-5-7-18)15-25(22)28-26(23)16-21;1-15(2,3)13-9-10-14(16-11-13)12-7-5-4-6-8-12;/h3-8,10-17H,1-2H3;4-7,9-11H,1-3H3;/q2*-1;. The van der Waals surface area contributed by atoms with Crippen molar-refractivity contribution in [1.29, 1.82) is 0 Å². The van der Waals surface area contributed by atoms with E-state index in [9.17, 15) is 0 Å². The van der Waals surface area contributed by atoms with E-state index in [1.165, 1.54) is 15.5 Å². The van der Waals surface area contributed by atoms with Crippen LogP contribution in [0.4, 0.5) is 0 Å². The van der Waals surface area contributed by atoms with Gasteiger partial charge in [-0.2, -0.15) is 0 Å². The molecule has 1 radical (unpaired) electrons. The van der Waals surface area contributed by atoms with Crippen molar-refractivity contribution in [3.05, 3.63) is 139 Å². The van der Waals surface area contributed by atoms with Gasteiger partial charge >= 0.3 is 99.8 Å². The number of hydrogen-bond donors (Lipinski definition) is 0. The maximum Gasteiger partial charge on any atom is 0 e. The summed E-state index contributed by atoms with van der Waals surface area (Å²) in [7, 11) is 0. The largest absolute Gasteiger partial charge is 0 e. The van der Waals surface area contributed by atoms with Crippen molar-refractivity contribution in [2.75, 3.05) is 0 Å². The average molecular weight is 826 g/mol. The Morgan fingerprint density at radius 1 is 0.667 bits per heavy atom. The summed E-state index contributed by atoms with van der Waals surface area (Å²) in [5.41, 5.74) is 9.34. The molecule has 227 valence electrons. The molecule has 0 amide bonds. The van der Waals surface area contributed by atoms with Crippen LogP contribution in [-0.2, 0) is 20.1 Å². The van der Waals surface area contributed by atoms with E-state index in [2.05, 4.69) is 120 Å². The minimum Gasteiger partial charge on any atom is 0 e. The van der Waals surface area contributed by atoms with Gasteiger partial charge in [0.25, 0.3) is 0 Å². The predicted molar refractivity (Wildman–Crippen MR) is 187 cm³/mol. The van der Waals surface area contributed by atoms with Crippen molar-refractivity contribution in [3.63, 3.8) is 0 Å². The summed E-state index contributed by atoms with van der Waals surface area (Å²) in [6.45, 7) is 4.38. The summed E-state index contributed by atoms with van der Waals surface area (Å²) in [6.07, 6.45) is 3.91. The number of aromatic nitrogens is 2. The number of hydrogen-bond acceptors (Lipinski definition) is 3. The summed E-state index contributed by atoms with van der Waals surface area (Å²) < 4.78 is 7.65. The van der Waals surface area contributed by atoms with Crippen LogP contribution in [0.5, 0.6) is 0 Å². The van der Waals surface area contributed by atoms with Gasteiger partial charge in [0.05, 0.1) is 5.58 Å². The number of furan rings is 1. The quantitative estimate of drug-likeness (QED) is 0.128. The van der Waals surface area contributed by atoms with Gasteiger partial charge in [0, 0.05) is 26.3 Å². The number of pyridine rings is 2. The molecule has 0 fully saturated rings. The monoisotopic (exact) mass is 827 g/mol. The first kappa shape index (κ1) is 32.6. The van der Waals surface area contributed by atoms with Crippen molar-refractivity contribution < 1.29 is 24.5 Å². The molecule has 7 rings (SSSR count). The molecule has 3 nitrogen and oxygen atoms in total. The van der Waals surface area contributed by atoms with Crippen LogP contribution < -0.4 is 4.40 Å². The number of rotatable bonds is 5. The minimum absolute atomic E-state index is 0. The Morgan fingerprint density at radius 3 is 2.13 bits per heavy atom. The van der Waals surface area contributed by atoms with Gasteiger partial charge in [-0.05, 0) is 40.3 Å². The number of nitrogens with zero attached hydrogens (tertiary/aromatic N) is 2. The molecule has 45 heavy (non-hydrogen) atoms. The van der Waals surface area contributed by atoms with Crippen LogP contribution >= 0.6 is 0 Å². The van der Waals surface area contributed by atoms with Gasteiger partial charge in [0.15, 0.2) is 0 Å². The second-order valence-corrected chi connectivity index (χ2v) is 23.0. The van der Waals surface area contributed by atoms with Crippen molar-refractivity contribution >= 4 is 39.6 Å². The van der Waals surface area contributed by atoms with E-state index in [4.69, 9.17) is 4.42 Å². The minimum atomic E-state index is -1.72. The number of benzene rings is 4. The normalized spacial score (nSPS) is 11.2. The van der Waals surface area contributed by atoms with Crippen LogP contribution in [-0.4, -0.2) is 23.2 Å². The molecule has 0 bridgehead atoms. The molecular formula is C40H36GeIrN2O-2. The first-order valence-corrected chi connectivity index (χ1v) is 22.4. The van der Waals surface area contributed by atoms with E-state index in [1.807, 2.05) is 54.9 Å². The predicted octanol–water partition coefficient (Wildman–Crippen LogP) is 10.3. The Hall–Kier alpha value is -3.83. The SMILES string of the molecule is CC(C)c1ccnc(-c2[c-]cc3c(c2)oc2cc(-c4ccccc4)ccc23)c1.[CH3][Ge]([CH3])([CH3])[c]1ccc(-c2[c-]cccc2)nc1.[Ir]. The molecule has 0 saturated carbocycles. The fourth-order valence-corrected chi connectivity index (χ4v) is 7.35. The van der Waals surface area contributed by atoms with Gasteiger partial charge in [-0.15, -0.1) is 17.7 Å². The molecule has 0 unspecified atom stereocenters. The zero-order chi connectivity index (χ0) is 30.7. The zero-order valence-corrected chi connectivity index (χ0v) is 30.8. The van der Waals surface area contributed by atoms with Gasteiger partial charge in [-0.1, -0.05) is 79.4 Å². The van der Waals surface area contributed by atoms with E-state index in [1.54, 1.807) is 0 Å². The number of fused-ring (bicyclic) bond motifs is 3. The summed E-state index contributed by atoms with van der Waals surface area (Å²) in [6, 6.07) is 43.9. The Labute approximate surface area is 282 Å². The molecule has 0 atom stereocenters. The second-order valence-electron chi connectivity index (χ2n) is 12.4. The average Bonchev–Trinajstić information content (AvgIpc) is 3.43. The molecule has 0 spiro atoms. The third kappa shape index (κ3) is 7.53. The molecule has 0 saturated heterocycles. The van der Waals surface area contributed by atoms with Crippen LogP contribution in [0.1, 0.15) is 25.3 Å². The topological polar surface area (TPSA) is 38.9 Å². The van der Waals surface area contributed by atoms with Crippen molar-refractivity contribution in [3.8, 4) is 33.6 Å². The third-order valence-electron chi connectivity index (χ3n) is 7.85. The smallest absolute Gasteiger partial charge is 0 e. The zero-order valence-electron chi connectivity index (χ0n) is 26.3. The maximum atomic E-state index is 6.21. The molecule has 7 aromatic rings. The molecule has 3 heterocycles. The Kier molecular flexibility index (Phi) is 10.2. The maximum absolute atomic E-state index is 6.21. The molecular weight excluding hydrogens is 789 g/mol. The third-order valence-corrected chi connectivity index (χ3v) is 12.1. The fraction of sp³-hybridized carbons (Fsp3) is 0.150. The molecule has 4 aromatic carbocycles. The molecule has 0 aliphatic heterocycles.